The summed E-state index contributed by atoms with van der Waals surface area (Å²) >= 11 is 1.55. The van der Waals surface area contributed by atoms with Gasteiger partial charge in [0, 0.05) is 11.3 Å². The van der Waals surface area contributed by atoms with E-state index in [4.69, 9.17) is 5.14 Å². The Morgan fingerprint density at radius 2 is 1.94 bits per heavy atom. The van der Waals surface area contributed by atoms with Gasteiger partial charge in [-0.05, 0) is 6.42 Å². The van der Waals surface area contributed by atoms with Gasteiger partial charge in [-0.25, -0.2) is 13.6 Å². The zero-order valence-electron chi connectivity index (χ0n) is 9.95. The zero-order valence-corrected chi connectivity index (χ0v) is 11.6. The Morgan fingerprint density at radius 3 is 2.38 bits per heavy atom. The number of nitrogens with two attached hydrogens (primary N) is 1. The predicted molar refractivity (Wildman–Crippen MR) is 67.8 cm³/mol. The Labute approximate surface area is 102 Å². The summed E-state index contributed by atoms with van der Waals surface area (Å²) in [7, 11) is -3.41. The Bertz CT molecular complexity index is 320. The second-order valence-corrected chi connectivity index (χ2v) is 8.01. The molecule has 96 valence electrons. The number of rotatable bonds is 6. The van der Waals surface area contributed by atoms with E-state index in [1.807, 2.05) is 20.8 Å². The van der Waals surface area contributed by atoms with Crippen LogP contribution in [0.2, 0.25) is 0 Å². The number of primary sulfonamides is 1. The second kappa shape index (κ2) is 6.46. The molecule has 0 saturated carbocycles. The summed E-state index contributed by atoms with van der Waals surface area (Å²) in [5.41, 5.74) is 0. The molecular weight excluding hydrogens is 248 g/mol. The number of thioether (sulfide) groups is 1. The fourth-order valence-corrected chi connectivity index (χ4v) is 2.05. The molecule has 0 bridgehead atoms. The fraction of sp³-hybridized carbons (Fsp3) is 0.889. The van der Waals surface area contributed by atoms with Gasteiger partial charge in [0.25, 0.3) is 0 Å². The first-order valence-electron chi connectivity index (χ1n) is 5.01. The smallest absolute Gasteiger partial charge is 0.230 e. The monoisotopic (exact) mass is 268 g/mol. The molecule has 0 aromatic heterocycles. The van der Waals surface area contributed by atoms with Crippen LogP contribution in [0, 0.1) is 0 Å². The molecule has 0 aliphatic heterocycles. The maximum Gasteiger partial charge on any atom is 0.230 e. The van der Waals surface area contributed by atoms with E-state index in [0.717, 1.165) is 0 Å². The molecule has 0 unspecified atom stereocenters. The van der Waals surface area contributed by atoms with E-state index in [-0.39, 0.29) is 16.4 Å². The first-order chi connectivity index (χ1) is 7.10. The summed E-state index contributed by atoms with van der Waals surface area (Å²) in [6, 6.07) is 0. The zero-order chi connectivity index (χ0) is 12.8. The summed E-state index contributed by atoms with van der Waals surface area (Å²) in [5.74, 6) is 0.216. The quantitative estimate of drug-likeness (QED) is 0.679. The van der Waals surface area contributed by atoms with Crippen LogP contribution in [0.5, 0.6) is 0 Å². The number of carbonyl (C=O) groups excluding carboxylic acids is 1. The van der Waals surface area contributed by atoms with Crippen molar-refractivity contribution in [1.29, 1.82) is 0 Å². The fourth-order valence-electron chi connectivity index (χ4n) is 0.834. The van der Waals surface area contributed by atoms with Crippen molar-refractivity contribution in [2.75, 3.05) is 18.1 Å². The molecular formula is C9H20N2O3S2. The number of nitrogens with one attached hydrogen (secondary N) is 1. The van der Waals surface area contributed by atoms with Crippen molar-refractivity contribution in [2.24, 2.45) is 5.14 Å². The van der Waals surface area contributed by atoms with E-state index in [2.05, 4.69) is 5.32 Å². The van der Waals surface area contributed by atoms with Gasteiger partial charge in [-0.15, -0.1) is 11.8 Å². The van der Waals surface area contributed by atoms with Gasteiger partial charge in [-0.2, -0.15) is 0 Å². The molecule has 0 rings (SSSR count). The lowest BCUT2D eigenvalue weighted by Gasteiger charge is -2.16. The third-order valence-corrected chi connectivity index (χ3v) is 3.69. The van der Waals surface area contributed by atoms with Crippen molar-refractivity contribution in [2.45, 2.75) is 31.9 Å². The molecule has 0 aliphatic carbocycles. The average Bonchev–Trinajstić information content (AvgIpc) is 2.06. The van der Waals surface area contributed by atoms with Crippen LogP contribution in [0.15, 0.2) is 0 Å². The molecule has 0 fully saturated rings. The highest BCUT2D eigenvalue weighted by molar-refractivity contribution is 8.01. The third kappa shape index (κ3) is 11.8. The van der Waals surface area contributed by atoms with Gasteiger partial charge in [0.2, 0.25) is 15.9 Å². The molecule has 0 spiro atoms. The Balaban J connectivity index is 3.60. The second-order valence-electron chi connectivity index (χ2n) is 4.47. The Morgan fingerprint density at radius 1 is 1.38 bits per heavy atom. The molecule has 0 saturated heterocycles. The average molecular weight is 268 g/mol. The standard InChI is InChI=1S/C9H20N2O3S2/c1-9(2,3)15-7-8(12)11-5-4-6-16(10,13)14/h4-7H2,1-3H3,(H,11,12)(H2,10,13,14). The van der Waals surface area contributed by atoms with Gasteiger partial charge in [-0.1, -0.05) is 20.8 Å². The molecule has 5 nitrogen and oxygen atoms in total. The van der Waals surface area contributed by atoms with Crippen molar-refractivity contribution in [3.05, 3.63) is 0 Å². The van der Waals surface area contributed by atoms with Crippen molar-refractivity contribution in [3.63, 3.8) is 0 Å². The molecule has 0 heterocycles. The van der Waals surface area contributed by atoms with Gasteiger partial charge < -0.3 is 5.32 Å². The SMILES string of the molecule is CC(C)(C)SCC(=O)NCCCS(N)(=O)=O. The maximum absolute atomic E-state index is 11.3. The van der Waals surface area contributed by atoms with Crippen molar-refractivity contribution in [1.82, 2.24) is 5.32 Å². The summed E-state index contributed by atoms with van der Waals surface area (Å²) in [4.78, 5) is 11.3. The molecule has 7 heteroatoms. The summed E-state index contributed by atoms with van der Waals surface area (Å²) in [6.45, 7) is 6.45. The molecule has 1 amide bonds. The van der Waals surface area contributed by atoms with Crippen LogP contribution < -0.4 is 10.5 Å². The number of amides is 1. The summed E-state index contributed by atoms with van der Waals surface area (Å²) in [6.07, 6.45) is 0.352. The van der Waals surface area contributed by atoms with E-state index >= 15 is 0 Å². The highest BCUT2D eigenvalue weighted by Crippen LogP contribution is 2.22. The molecule has 0 aromatic carbocycles. The normalized spacial score (nSPS) is 12.5. The minimum atomic E-state index is -3.41. The van der Waals surface area contributed by atoms with Crippen LogP contribution in [0.1, 0.15) is 27.2 Å². The highest BCUT2D eigenvalue weighted by atomic mass is 32.2. The van der Waals surface area contributed by atoms with E-state index in [1.54, 1.807) is 11.8 Å². The van der Waals surface area contributed by atoms with Gasteiger partial charge in [-0.3, -0.25) is 4.79 Å². The van der Waals surface area contributed by atoms with Gasteiger partial charge in [0.05, 0.1) is 11.5 Å². The van der Waals surface area contributed by atoms with Gasteiger partial charge >= 0.3 is 0 Å². The van der Waals surface area contributed by atoms with Gasteiger partial charge in [0.1, 0.15) is 0 Å². The largest absolute Gasteiger partial charge is 0.355 e. The number of hydrogen-bond donors (Lipinski definition) is 2. The molecule has 0 aliphatic rings. The minimum absolute atomic E-state index is 0.0535. The van der Waals surface area contributed by atoms with E-state index in [9.17, 15) is 13.2 Å². The van der Waals surface area contributed by atoms with Crippen LogP contribution in [0.3, 0.4) is 0 Å². The lowest BCUT2D eigenvalue weighted by molar-refractivity contribution is -0.118. The van der Waals surface area contributed by atoms with Crippen LogP contribution in [-0.4, -0.2) is 37.1 Å². The Hall–Kier alpha value is -0.270. The van der Waals surface area contributed by atoms with Crippen molar-refractivity contribution >= 4 is 27.7 Å². The topological polar surface area (TPSA) is 89.3 Å². The molecule has 0 aromatic rings. The van der Waals surface area contributed by atoms with Crippen molar-refractivity contribution < 1.29 is 13.2 Å². The first-order valence-corrected chi connectivity index (χ1v) is 7.71. The number of carbonyl (C=O) groups is 1. The lowest BCUT2D eigenvalue weighted by Crippen LogP contribution is -2.29. The first kappa shape index (κ1) is 15.7. The van der Waals surface area contributed by atoms with Crippen LogP contribution in [0.25, 0.3) is 0 Å². The summed E-state index contributed by atoms with van der Waals surface area (Å²) < 4.78 is 21.2. The van der Waals surface area contributed by atoms with Crippen LogP contribution in [0.4, 0.5) is 0 Å². The molecule has 0 atom stereocenters. The third-order valence-electron chi connectivity index (χ3n) is 1.56. The van der Waals surface area contributed by atoms with E-state index < -0.39 is 10.0 Å². The van der Waals surface area contributed by atoms with Crippen molar-refractivity contribution in [3.8, 4) is 0 Å². The maximum atomic E-state index is 11.3. The molecule has 0 radical (unpaired) electrons. The van der Waals surface area contributed by atoms with Crippen LogP contribution in [-0.2, 0) is 14.8 Å². The predicted octanol–water partition coefficient (Wildman–Crippen LogP) is 0.313. The lowest BCUT2D eigenvalue weighted by atomic mass is 10.3. The molecule has 16 heavy (non-hydrogen) atoms. The summed E-state index contributed by atoms with van der Waals surface area (Å²) in [5, 5.41) is 7.47. The van der Waals surface area contributed by atoms with E-state index in [1.165, 1.54) is 0 Å². The minimum Gasteiger partial charge on any atom is -0.355 e. The number of sulfonamides is 1. The Kier molecular flexibility index (Phi) is 6.35. The van der Waals surface area contributed by atoms with E-state index in [0.29, 0.717) is 18.7 Å². The van der Waals surface area contributed by atoms with Crippen LogP contribution >= 0.6 is 11.8 Å². The molecule has 3 N–H and O–H groups in total. The highest BCUT2D eigenvalue weighted by Gasteiger charge is 2.13. The van der Waals surface area contributed by atoms with Gasteiger partial charge in [0.15, 0.2) is 0 Å². The number of hydrogen-bond acceptors (Lipinski definition) is 4.